The number of amides is 1. The predicted octanol–water partition coefficient (Wildman–Crippen LogP) is 1.32. The molecule has 1 heterocycles. The van der Waals surface area contributed by atoms with Gasteiger partial charge in [-0.3, -0.25) is 4.79 Å². The molecule has 0 saturated carbocycles. The molecule has 0 aromatic heterocycles. The van der Waals surface area contributed by atoms with E-state index < -0.39 is 0 Å². The lowest BCUT2D eigenvalue weighted by Crippen LogP contribution is -2.35. The molecule has 1 fully saturated rings. The van der Waals surface area contributed by atoms with Crippen LogP contribution in [0.2, 0.25) is 0 Å². The van der Waals surface area contributed by atoms with Crippen LogP contribution in [0.1, 0.15) is 12.8 Å². The highest BCUT2D eigenvalue weighted by Gasteiger charge is 2.21. The third-order valence-corrected chi connectivity index (χ3v) is 3.29. The van der Waals surface area contributed by atoms with Gasteiger partial charge in [0.1, 0.15) is 12.4 Å². The van der Waals surface area contributed by atoms with E-state index in [1.54, 1.807) is 0 Å². The molecule has 0 aliphatic carbocycles. The van der Waals surface area contributed by atoms with Crippen LogP contribution < -0.4 is 15.4 Å². The molecule has 2 rings (SSSR count). The maximum Gasteiger partial charge on any atom is 0.241 e. The van der Waals surface area contributed by atoms with Gasteiger partial charge in [0.25, 0.3) is 0 Å². The fourth-order valence-electron chi connectivity index (χ4n) is 2.15. The zero-order chi connectivity index (χ0) is 14.4. The van der Waals surface area contributed by atoms with Gasteiger partial charge in [-0.25, -0.2) is 0 Å². The van der Waals surface area contributed by atoms with Crippen molar-refractivity contribution in [3.05, 3.63) is 24.3 Å². The molecule has 1 aromatic carbocycles. The van der Waals surface area contributed by atoms with Crippen LogP contribution in [-0.2, 0) is 4.79 Å². The Morgan fingerprint density at radius 2 is 2.35 bits per heavy atom. The fourth-order valence-corrected chi connectivity index (χ4v) is 2.15. The van der Waals surface area contributed by atoms with Crippen molar-refractivity contribution in [2.24, 2.45) is 0 Å². The molecule has 1 aliphatic rings. The molecule has 1 saturated heterocycles. The zero-order valence-electron chi connectivity index (χ0n) is 12.2. The van der Waals surface area contributed by atoms with Crippen molar-refractivity contribution in [2.45, 2.75) is 18.9 Å². The van der Waals surface area contributed by atoms with E-state index in [2.05, 4.69) is 15.5 Å². The molecule has 110 valence electrons. The number of carbonyl (C=O) groups excluding carboxylic acids is 1. The SMILES string of the molecule is CN(C)CCOc1cccc(NC(=O)C2CCCN2)c1. The number of nitrogens with one attached hydrogen (secondary N) is 2. The third-order valence-electron chi connectivity index (χ3n) is 3.29. The van der Waals surface area contributed by atoms with E-state index in [1.807, 2.05) is 38.4 Å². The Balaban J connectivity index is 1.86. The quantitative estimate of drug-likeness (QED) is 0.823. The number of rotatable bonds is 6. The summed E-state index contributed by atoms with van der Waals surface area (Å²) in [6, 6.07) is 7.48. The van der Waals surface area contributed by atoms with Crippen LogP contribution in [0, 0.1) is 0 Å². The van der Waals surface area contributed by atoms with Crippen LogP contribution in [0.15, 0.2) is 24.3 Å². The highest BCUT2D eigenvalue weighted by Crippen LogP contribution is 2.18. The zero-order valence-corrected chi connectivity index (χ0v) is 12.2. The Bertz CT molecular complexity index is 442. The Morgan fingerprint density at radius 1 is 1.50 bits per heavy atom. The maximum absolute atomic E-state index is 12.0. The number of hydrogen-bond donors (Lipinski definition) is 2. The maximum atomic E-state index is 12.0. The minimum atomic E-state index is -0.0617. The second kappa shape index (κ2) is 7.26. The standard InChI is InChI=1S/C15H23N3O2/c1-18(2)9-10-20-13-6-3-5-12(11-13)17-15(19)14-7-4-8-16-14/h3,5-6,11,14,16H,4,7-10H2,1-2H3,(H,17,19). The Morgan fingerprint density at radius 3 is 3.05 bits per heavy atom. The van der Waals surface area contributed by atoms with E-state index in [9.17, 15) is 4.79 Å². The summed E-state index contributed by atoms with van der Waals surface area (Å²) in [5.74, 6) is 0.817. The van der Waals surface area contributed by atoms with Crippen LogP contribution in [0.25, 0.3) is 0 Å². The molecule has 0 radical (unpaired) electrons. The molecule has 5 heteroatoms. The van der Waals surface area contributed by atoms with Crippen molar-refractivity contribution in [2.75, 3.05) is 39.1 Å². The summed E-state index contributed by atoms with van der Waals surface area (Å²) in [7, 11) is 4.02. The van der Waals surface area contributed by atoms with Crippen molar-refractivity contribution in [3.8, 4) is 5.75 Å². The molecular formula is C15H23N3O2. The van der Waals surface area contributed by atoms with E-state index in [-0.39, 0.29) is 11.9 Å². The number of anilines is 1. The number of hydrogen-bond acceptors (Lipinski definition) is 4. The first kappa shape index (κ1) is 14.8. The molecule has 0 bridgehead atoms. The Hall–Kier alpha value is -1.59. The summed E-state index contributed by atoms with van der Waals surface area (Å²) in [6.45, 7) is 2.42. The van der Waals surface area contributed by atoms with Gasteiger partial charge in [0.2, 0.25) is 5.91 Å². The monoisotopic (exact) mass is 277 g/mol. The van der Waals surface area contributed by atoms with E-state index in [0.29, 0.717) is 6.61 Å². The second-order valence-electron chi connectivity index (χ2n) is 5.32. The van der Waals surface area contributed by atoms with Gasteiger partial charge >= 0.3 is 0 Å². The lowest BCUT2D eigenvalue weighted by molar-refractivity contribution is -0.117. The molecule has 5 nitrogen and oxygen atoms in total. The highest BCUT2D eigenvalue weighted by molar-refractivity contribution is 5.95. The summed E-state index contributed by atoms with van der Waals surface area (Å²) in [4.78, 5) is 14.1. The molecule has 1 atom stereocenters. The van der Waals surface area contributed by atoms with Gasteiger partial charge in [-0.1, -0.05) is 6.07 Å². The van der Waals surface area contributed by atoms with Crippen LogP contribution in [0.4, 0.5) is 5.69 Å². The summed E-state index contributed by atoms with van der Waals surface area (Å²) < 4.78 is 5.66. The highest BCUT2D eigenvalue weighted by atomic mass is 16.5. The van der Waals surface area contributed by atoms with Crippen molar-refractivity contribution >= 4 is 11.6 Å². The first-order valence-corrected chi connectivity index (χ1v) is 7.07. The van der Waals surface area contributed by atoms with Gasteiger partial charge in [0.15, 0.2) is 0 Å². The molecule has 20 heavy (non-hydrogen) atoms. The number of carbonyl (C=O) groups is 1. The van der Waals surface area contributed by atoms with Gasteiger partial charge < -0.3 is 20.3 Å². The summed E-state index contributed by atoms with van der Waals surface area (Å²) in [5.41, 5.74) is 0.783. The molecule has 2 N–H and O–H groups in total. The van der Waals surface area contributed by atoms with Crippen molar-refractivity contribution in [1.29, 1.82) is 0 Å². The average molecular weight is 277 g/mol. The molecular weight excluding hydrogens is 254 g/mol. The Kier molecular flexibility index (Phi) is 5.38. The fraction of sp³-hybridized carbons (Fsp3) is 0.533. The smallest absolute Gasteiger partial charge is 0.241 e. The molecule has 1 aliphatic heterocycles. The molecule has 0 spiro atoms. The summed E-state index contributed by atoms with van der Waals surface area (Å²) >= 11 is 0. The van der Waals surface area contributed by atoms with Crippen LogP contribution in [0.5, 0.6) is 5.75 Å². The number of nitrogens with zero attached hydrogens (tertiary/aromatic N) is 1. The predicted molar refractivity (Wildman–Crippen MR) is 80.1 cm³/mol. The van der Waals surface area contributed by atoms with Crippen LogP contribution in [-0.4, -0.2) is 50.6 Å². The van der Waals surface area contributed by atoms with Gasteiger partial charge in [0, 0.05) is 18.3 Å². The van der Waals surface area contributed by atoms with Gasteiger partial charge in [0.05, 0.1) is 6.04 Å². The number of ether oxygens (including phenoxy) is 1. The van der Waals surface area contributed by atoms with Crippen molar-refractivity contribution in [1.82, 2.24) is 10.2 Å². The third kappa shape index (κ3) is 4.51. The minimum absolute atomic E-state index is 0.0351. The van der Waals surface area contributed by atoms with Gasteiger partial charge in [-0.15, -0.1) is 0 Å². The van der Waals surface area contributed by atoms with E-state index in [4.69, 9.17) is 4.74 Å². The van der Waals surface area contributed by atoms with E-state index in [1.165, 1.54) is 0 Å². The second-order valence-corrected chi connectivity index (χ2v) is 5.32. The molecule has 1 aromatic rings. The van der Waals surface area contributed by atoms with Crippen molar-refractivity contribution < 1.29 is 9.53 Å². The molecule has 1 amide bonds. The first-order valence-electron chi connectivity index (χ1n) is 7.07. The lowest BCUT2D eigenvalue weighted by atomic mass is 10.2. The largest absolute Gasteiger partial charge is 0.492 e. The summed E-state index contributed by atoms with van der Waals surface area (Å²) in [6.07, 6.45) is 1.97. The van der Waals surface area contributed by atoms with Crippen molar-refractivity contribution in [3.63, 3.8) is 0 Å². The normalized spacial score (nSPS) is 18.2. The van der Waals surface area contributed by atoms with Gasteiger partial charge in [-0.2, -0.15) is 0 Å². The number of benzene rings is 1. The minimum Gasteiger partial charge on any atom is -0.492 e. The van der Waals surface area contributed by atoms with Crippen LogP contribution in [0.3, 0.4) is 0 Å². The molecule has 1 unspecified atom stereocenters. The first-order chi connectivity index (χ1) is 9.65. The summed E-state index contributed by atoms with van der Waals surface area (Å²) in [5, 5.41) is 6.12. The van der Waals surface area contributed by atoms with Gasteiger partial charge in [-0.05, 0) is 45.6 Å². The average Bonchev–Trinajstić information content (AvgIpc) is 2.92. The topological polar surface area (TPSA) is 53.6 Å². The van der Waals surface area contributed by atoms with E-state index in [0.717, 1.165) is 37.4 Å². The van der Waals surface area contributed by atoms with Crippen LogP contribution >= 0.6 is 0 Å². The Labute approximate surface area is 120 Å². The lowest BCUT2D eigenvalue weighted by Gasteiger charge is -2.13. The van der Waals surface area contributed by atoms with E-state index >= 15 is 0 Å². The number of likely N-dealkylation sites (N-methyl/N-ethyl adjacent to an activating group) is 1.